The maximum Gasteiger partial charge on any atom is 0.319 e. The number of hydrogen-bond donors (Lipinski definition) is 1. The molecule has 1 N–H and O–H groups in total. The molecule has 7 heteroatoms. The van der Waals surface area contributed by atoms with E-state index >= 15 is 0 Å². The van der Waals surface area contributed by atoms with Crippen molar-refractivity contribution >= 4 is 22.3 Å². The Bertz CT molecular complexity index is 685. The number of ether oxygens (including phenoxy) is 2. The average molecular weight is 277 g/mol. The number of benzene rings is 1. The van der Waals surface area contributed by atoms with Crippen molar-refractivity contribution < 1.29 is 14.4 Å². The van der Waals surface area contributed by atoms with Crippen molar-refractivity contribution in [3.05, 3.63) is 27.9 Å². The summed E-state index contributed by atoms with van der Waals surface area (Å²) in [6.45, 7) is 1.79. The first-order valence-electron chi connectivity index (χ1n) is 5.92. The Kier molecular flexibility index (Phi) is 3.60. The lowest BCUT2D eigenvalue weighted by molar-refractivity contribution is -0.382. The van der Waals surface area contributed by atoms with Crippen molar-refractivity contribution in [3.63, 3.8) is 0 Å². The Morgan fingerprint density at radius 1 is 1.20 bits per heavy atom. The van der Waals surface area contributed by atoms with Gasteiger partial charge in [0, 0.05) is 18.1 Å². The number of aryl methyl sites for hydroxylation is 1. The highest BCUT2D eigenvalue weighted by molar-refractivity contribution is 5.98. The molecule has 1 aromatic carbocycles. The molecule has 0 bridgehead atoms. The Hall–Kier alpha value is -2.57. The predicted octanol–water partition coefficient (Wildman–Crippen LogP) is 2.51. The highest BCUT2D eigenvalue weighted by Crippen LogP contribution is 2.39. The van der Waals surface area contributed by atoms with Gasteiger partial charge in [0.15, 0.2) is 11.5 Å². The molecule has 106 valence electrons. The molecule has 0 unspecified atom stereocenters. The van der Waals surface area contributed by atoms with E-state index in [2.05, 4.69) is 10.3 Å². The van der Waals surface area contributed by atoms with Gasteiger partial charge in [-0.25, -0.2) is 4.98 Å². The van der Waals surface area contributed by atoms with Crippen molar-refractivity contribution in [2.45, 2.75) is 6.92 Å². The number of anilines is 1. The molecule has 0 spiro atoms. The van der Waals surface area contributed by atoms with E-state index in [9.17, 15) is 10.1 Å². The van der Waals surface area contributed by atoms with Gasteiger partial charge in [0.2, 0.25) is 5.82 Å². The van der Waals surface area contributed by atoms with E-state index in [1.54, 1.807) is 26.1 Å². The quantitative estimate of drug-likeness (QED) is 0.682. The minimum atomic E-state index is -0.452. The SMILES string of the molecule is CNc1nc(C)c2cc(OC)c(OC)cc2c1[N+](=O)[O-]. The van der Waals surface area contributed by atoms with Gasteiger partial charge in [-0.05, 0) is 19.1 Å². The van der Waals surface area contributed by atoms with Gasteiger partial charge in [0.05, 0.1) is 24.5 Å². The third-order valence-electron chi connectivity index (χ3n) is 3.09. The van der Waals surface area contributed by atoms with Gasteiger partial charge >= 0.3 is 5.69 Å². The van der Waals surface area contributed by atoms with Crippen molar-refractivity contribution in [2.75, 3.05) is 26.6 Å². The summed E-state index contributed by atoms with van der Waals surface area (Å²) >= 11 is 0. The fourth-order valence-corrected chi connectivity index (χ4v) is 2.14. The highest BCUT2D eigenvalue weighted by atomic mass is 16.6. The number of fused-ring (bicyclic) bond motifs is 1. The molecule has 0 amide bonds. The third kappa shape index (κ3) is 2.07. The zero-order chi connectivity index (χ0) is 14.9. The van der Waals surface area contributed by atoms with E-state index in [0.717, 1.165) is 0 Å². The second-order valence-electron chi connectivity index (χ2n) is 4.15. The molecule has 0 aliphatic carbocycles. The molecule has 0 radical (unpaired) electrons. The van der Waals surface area contributed by atoms with Crippen molar-refractivity contribution in [2.24, 2.45) is 0 Å². The molecular formula is C13H15N3O4. The predicted molar refractivity (Wildman–Crippen MR) is 75.8 cm³/mol. The summed E-state index contributed by atoms with van der Waals surface area (Å²) in [5, 5.41) is 15.2. The Labute approximate surface area is 115 Å². The molecule has 2 aromatic rings. The van der Waals surface area contributed by atoms with Gasteiger partial charge in [-0.3, -0.25) is 10.1 Å². The smallest absolute Gasteiger partial charge is 0.319 e. The molecule has 2 rings (SSSR count). The number of methoxy groups -OCH3 is 2. The Balaban J connectivity index is 2.93. The fourth-order valence-electron chi connectivity index (χ4n) is 2.14. The van der Waals surface area contributed by atoms with E-state index in [0.29, 0.717) is 28.0 Å². The summed E-state index contributed by atoms with van der Waals surface area (Å²) in [7, 11) is 4.60. The fraction of sp³-hybridized carbons (Fsp3) is 0.308. The van der Waals surface area contributed by atoms with Crippen molar-refractivity contribution in [3.8, 4) is 11.5 Å². The van der Waals surface area contributed by atoms with Crippen LogP contribution in [0.25, 0.3) is 10.8 Å². The first kappa shape index (κ1) is 13.9. The van der Waals surface area contributed by atoms with Crippen LogP contribution in [-0.4, -0.2) is 31.2 Å². The number of nitrogens with zero attached hydrogens (tertiary/aromatic N) is 2. The molecule has 0 aliphatic heterocycles. The summed E-state index contributed by atoms with van der Waals surface area (Å²) in [5.74, 6) is 1.18. The van der Waals surface area contributed by atoms with Gasteiger partial charge in [0.25, 0.3) is 0 Å². The van der Waals surface area contributed by atoms with Crippen LogP contribution in [0.3, 0.4) is 0 Å². The summed E-state index contributed by atoms with van der Waals surface area (Å²) in [6, 6.07) is 3.30. The van der Waals surface area contributed by atoms with Crippen LogP contribution >= 0.6 is 0 Å². The first-order valence-corrected chi connectivity index (χ1v) is 5.92. The van der Waals surface area contributed by atoms with E-state index in [1.807, 2.05) is 0 Å². The number of hydrogen-bond acceptors (Lipinski definition) is 6. The number of nitro groups is 1. The van der Waals surface area contributed by atoms with Crippen LogP contribution in [0.2, 0.25) is 0 Å². The second-order valence-corrected chi connectivity index (χ2v) is 4.15. The first-order chi connectivity index (χ1) is 9.53. The number of pyridine rings is 1. The Morgan fingerprint density at radius 3 is 2.20 bits per heavy atom. The zero-order valence-corrected chi connectivity index (χ0v) is 11.7. The largest absolute Gasteiger partial charge is 0.493 e. The van der Waals surface area contributed by atoms with Gasteiger partial charge in [-0.1, -0.05) is 0 Å². The second kappa shape index (κ2) is 5.20. The van der Waals surface area contributed by atoms with E-state index in [1.165, 1.54) is 14.2 Å². The van der Waals surface area contributed by atoms with Crippen LogP contribution in [0.4, 0.5) is 11.5 Å². The van der Waals surface area contributed by atoms with E-state index in [-0.39, 0.29) is 11.5 Å². The molecular weight excluding hydrogens is 262 g/mol. The van der Waals surface area contributed by atoms with Crippen molar-refractivity contribution in [1.29, 1.82) is 0 Å². The summed E-state index contributed by atoms with van der Waals surface area (Å²) in [6.07, 6.45) is 0. The molecule has 0 atom stereocenters. The lowest BCUT2D eigenvalue weighted by Crippen LogP contribution is -2.03. The normalized spacial score (nSPS) is 10.4. The molecule has 1 aromatic heterocycles. The van der Waals surface area contributed by atoms with Gasteiger partial charge in [-0.2, -0.15) is 0 Å². The van der Waals surface area contributed by atoms with Crippen LogP contribution in [0.1, 0.15) is 5.69 Å². The van der Waals surface area contributed by atoms with Gasteiger partial charge in [-0.15, -0.1) is 0 Å². The van der Waals surface area contributed by atoms with Crippen LogP contribution in [-0.2, 0) is 0 Å². The zero-order valence-electron chi connectivity index (χ0n) is 11.7. The van der Waals surface area contributed by atoms with E-state index < -0.39 is 4.92 Å². The van der Waals surface area contributed by atoms with Crippen LogP contribution in [0.15, 0.2) is 12.1 Å². The van der Waals surface area contributed by atoms with Gasteiger partial charge in [0.1, 0.15) is 0 Å². The van der Waals surface area contributed by atoms with Crippen molar-refractivity contribution in [1.82, 2.24) is 4.98 Å². The minimum absolute atomic E-state index is 0.0750. The number of rotatable bonds is 4. The molecule has 1 heterocycles. The van der Waals surface area contributed by atoms with Crippen LogP contribution in [0, 0.1) is 17.0 Å². The Morgan fingerprint density at radius 2 is 1.75 bits per heavy atom. The standard InChI is InChI=1S/C13H15N3O4/c1-7-8-5-10(19-3)11(20-4)6-9(8)12(16(17)18)13(14-2)15-7/h5-6H,1-4H3,(H,14,15). The van der Waals surface area contributed by atoms with Crippen LogP contribution < -0.4 is 14.8 Å². The number of nitrogens with one attached hydrogen (secondary N) is 1. The topological polar surface area (TPSA) is 86.5 Å². The maximum atomic E-state index is 11.3. The van der Waals surface area contributed by atoms with Crippen LogP contribution in [0.5, 0.6) is 11.5 Å². The lowest BCUT2D eigenvalue weighted by Gasteiger charge is -2.12. The average Bonchev–Trinajstić information content (AvgIpc) is 2.45. The highest BCUT2D eigenvalue weighted by Gasteiger charge is 2.23. The molecule has 0 saturated carbocycles. The molecule has 0 aliphatic rings. The minimum Gasteiger partial charge on any atom is -0.493 e. The third-order valence-corrected chi connectivity index (χ3v) is 3.09. The number of aromatic nitrogens is 1. The lowest BCUT2D eigenvalue weighted by atomic mass is 10.1. The summed E-state index contributed by atoms with van der Waals surface area (Å²) < 4.78 is 10.4. The molecule has 0 saturated heterocycles. The molecule has 0 fully saturated rings. The monoisotopic (exact) mass is 277 g/mol. The summed E-state index contributed by atoms with van der Waals surface area (Å²) in [5.41, 5.74) is 0.602. The molecule has 20 heavy (non-hydrogen) atoms. The molecule has 7 nitrogen and oxygen atoms in total. The van der Waals surface area contributed by atoms with Gasteiger partial charge < -0.3 is 14.8 Å². The van der Waals surface area contributed by atoms with E-state index in [4.69, 9.17) is 9.47 Å². The summed E-state index contributed by atoms with van der Waals surface area (Å²) in [4.78, 5) is 15.1. The maximum absolute atomic E-state index is 11.3.